The first kappa shape index (κ1) is 12.9. The molecule has 2 N–H and O–H groups in total. The monoisotopic (exact) mass is 349 g/mol. The van der Waals surface area contributed by atoms with Crippen LogP contribution in [0.5, 0.6) is 0 Å². The molecule has 0 aliphatic carbocycles. The van der Waals surface area contributed by atoms with Crippen LogP contribution in [-0.4, -0.2) is 5.78 Å². The van der Waals surface area contributed by atoms with E-state index in [0.29, 0.717) is 30.0 Å². The Kier molecular flexibility index (Phi) is 3.78. The molecule has 0 bridgehead atoms. The molecule has 1 aromatic carbocycles. The lowest BCUT2D eigenvalue weighted by molar-refractivity contribution is 0.104. The molecule has 2 rings (SSSR count). The van der Waals surface area contributed by atoms with Gasteiger partial charge in [0.25, 0.3) is 0 Å². The number of anilines is 1. The van der Waals surface area contributed by atoms with Gasteiger partial charge in [0.1, 0.15) is 4.34 Å². The Bertz CT molecular complexity index is 557. The standard InChI is InChI=1S/C11H6BrCl2NOS/c12-5-4-8(17-11(5)14)10(16)9-6(13)2-1-3-7(9)15/h1-4H,15H2. The zero-order valence-electron chi connectivity index (χ0n) is 8.34. The van der Waals surface area contributed by atoms with Gasteiger partial charge in [-0.3, -0.25) is 4.79 Å². The molecule has 2 aromatic rings. The van der Waals surface area contributed by atoms with E-state index in [9.17, 15) is 4.79 Å². The minimum atomic E-state index is -0.217. The SMILES string of the molecule is Nc1cccc(Cl)c1C(=O)c1cc(Br)c(Cl)s1. The number of hydrogen-bond donors (Lipinski definition) is 1. The number of carbonyl (C=O) groups is 1. The lowest BCUT2D eigenvalue weighted by Gasteiger charge is -2.04. The molecular formula is C11H6BrCl2NOS. The van der Waals surface area contributed by atoms with E-state index in [1.165, 1.54) is 11.3 Å². The molecule has 0 saturated heterocycles. The van der Waals surface area contributed by atoms with Crippen LogP contribution in [0.25, 0.3) is 0 Å². The van der Waals surface area contributed by atoms with E-state index in [2.05, 4.69) is 15.9 Å². The first-order valence-electron chi connectivity index (χ1n) is 4.54. The topological polar surface area (TPSA) is 43.1 Å². The summed E-state index contributed by atoms with van der Waals surface area (Å²) >= 11 is 16.3. The quantitative estimate of drug-likeness (QED) is 0.633. The van der Waals surface area contributed by atoms with Gasteiger partial charge in [-0.2, -0.15) is 0 Å². The van der Waals surface area contributed by atoms with Crippen molar-refractivity contribution in [3.05, 3.63) is 48.5 Å². The van der Waals surface area contributed by atoms with E-state index in [4.69, 9.17) is 28.9 Å². The second kappa shape index (κ2) is 4.98. The van der Waals surface area contributed by atoms with Crippen molar-refractivity contribution in [2.45, 2.75) is 0 Å². The maximum absolute atomic E-state index is 12.2. The summed E-state index contributed by atoms with van der Waals surface area (Å²) in [5, 5.41) is 0.343. The summed E-state index contributed by atoms with van der Waals surface area (Å²) in [6.45, 7) is 0. The van der Waals surface area contributed by atoms with Crippen LogP contribution in [0.15, 0.2) is 28.7 Å². The number of rotatable bonds is 2. The van der Waals surface area contributed by atoms with E-state index in [1.54, 1.807) is 24.3 Å². The van der Waals surface area contributed by atoms with Crippen molar-refractivity contribution in [1.29, 1.82) is 0 Å². The average molecular weight is 351 g/mol. The summed E-state index contributed by atoms with van der Waals surface area (Å²) in [5.74, 6) is -0.217. The average Bonchev–Trinajstić information content (AvgIpc) is 2.59. The van der Waals surface area contributed by atoms with Crippen LogP contribution >= 0.6 is 50.5 Å². The van der Waals surface area contributed by atoms with Crippen molar-refractivity contribution in [3.63, 3.8) is 0 Å². The molecule has 0 radical (unpaired) electrons. The number of halogens is 3. The minimum Gasteiger partial charge on any atom is -0.398 e. The van der Waals surface area contributed by atoms with Gasteiger partial charge >= 0.3 is 0 Å². The Morgan fingerprint density at radius 2 is 2.06 bits per heavy atom. The predicted octanol–water partition coefficient (Wildman–Crippen LogP) is 4.63. The van der Waals surface area contributed by atoms with Crippen LogP contribution in [0.1, 0.15) is 15.2 Å². The maximum Gasteiger partial charge on any atom is 0.206 e. The lowest BCUT2D eigenvalue weighted by atomic mass is 10.1. The fraction of sp³-hybridized carbons (Fsp3) is 0. The fourth-order valence-electron chi connectivity index (χ4n) is 1.36. The molecule has 6 heteroatoms. The Hall–Kier alpha value is -0.550. The number of thiophene rings is 1. The molecule has 1 heterocycles. The van der Waals surface area contributed by atoms with E-state index in [1.807, 2.05) is 0 Å². The second-order valence-corrected chi connectivity index (χ2v) is 6.18. The van der Waals surface area contributed by atoms with Crippen molar-refractivity contribution in [2.75, 3.05) is 5.73 Å². The van der Waals surface area contributed by atoms with Crippen LogP contribution in [-0.2, 0) is 0 Å². The van der Waals surface area contributed by atoms with E-state index >= 15 is 0 Å². The molecule has 0 saturated carbocycles. The van der Waals surface area contributed by atoms with Gasteiger partial charge in [-0.25, -0.2) is 0 Å². The number of nitrogens with two attached hydrogens (primary N) is 1. The Labute approximate surface area is 120 Å². The molecule has 1 aromatic heterocycles. The zero-order chi connectivity index (χ0) is 12.6. The molecule has 0 aliphatic rings. The smallest absolute Gasteiger partial charge is 0.206 e. The molecule has 0 amide bonds. The number of nitrogen functional groups attached to an aromatic ring is 1. The van der Waals surface area contributed by atoms with Crippen LogP contribution in [0.4, 0.5) is 5.69 Å². The lowest BCUT2D eigenvalue weighted by Crippen LogP contribution is -2.04. The zero-order valence-corrected chi connectivity index (χ0v) is 12.3. The summed E-state index contributed by atoms with van der Waals surface area (Å²) < 4.78 is 1.22. The number of ketones is 1. The molecule has 17 heavy (non-hydrogen) atoms. The maximum atomic E-state index is 12.2. The summed E-state index contributed by atoms with van der Waals surface area (Å²) in [7, 11) is 0. The third kappa shape index (κ3) is 2.50. The normalized spacial score (nSPS) is 10.5. The van der Waals surface area contributed by atoms with Crippen LogP contribution in [0.3, 0.4) is 0 Å². The Morgan fingerprint density at radius 3 is 2.59 bits per heavy atom. The van der Waals surface area contributed by atoms with Crippen LogP contribution < -0.4 is 5.73 Å². The van der Waals surface area contributed by atoms with Crippen molar-refractivity contribution in [1.82, 2.24) is 0 Å². The molecular weight excluding hydrogens is 345 g/mol. The molecule has 0 fully saturated rings. The van der Waals surface area contributed by atoms with Gasteiger partial charge in [0, 0.05) is 10.2 Å². The van der Waals surface area contributed by atoms with Crippen molar-refractivity contribution < 1.29 is 4.79 Å². The van der Waals surface area contributed by atoms with E-state index in [0.717, 1.165) is 0 Å². The molecule has 0 atom stereocenters. The van der Waals surface area contributed by atoms with E-state index in [-0.39, 0.29) is 5.78 Å². The van der Waals surface area contributed by atoms with Gasteiger partial charge in [-0.05, 0) is 34.1 Å². The third-order valence-corrected chi connectivity index (χ3v) is 4.93. The molecule has 0 unspecified atom stereocenters. The molecule has 0 aliphatic heterocycles. The predicted molar refractivity (Wildman–Crippen MR) is 76.3 cm³/mol. The Balaban J connectivity index is 2.51. The fourth-order valence-corrected chi connectivity index (χ4v) is 3.28. The summed E-state index contributed by atoms with van der Waals surface area (Å²) in [4.78, 5) is 12.7. The highest BCUT2D eigenvalue weighted by atomic mass is 79.9. The van der Waals surface area contributed by atoms with E-state index < -0.39 is 0 Å². The van der Waals surface area contributed by atoms with Gasteiger partial charge in [0.2, 0.25) is 5.78 Å². The second-order valence-electron chi connectivity index (χ2n) is 3.27. The third-order valence-electron chi connectivity index (χ3n) is 2.14. The first-order chi connectivity index (χ1) is 8.00. The summed E-state index contributed by atoms with van der Waals surface area (Å²) in [6.07, 6.45) is 0. The largest absolute Gasteiger partial charge is 0.398 e. The number of carbonyl (C=O) groups excluding carboxylic acids is 1. The summed E-state index contributed by atoms with van der Waals surface area (Å²) in [6, 6.07) is 6.64. The van der Waals surface area contributed by atoms with Gasteiger partial charge in [0.15, 0.2) is 0 Å². The van der Waals surface area contributed by atoms with Gasteiger partial charge in [-0.15, -0.1) is 11.3 Å². The Morgan fingerprint density at radius 1 is 1.35 bits per heavy atom. The molecule has 88 valence electrons. The highest BCUT2D eigenvalue weighted by molar-refractivity contribution is 9.10. The van der Waals surface area contributed by atoms with Gasteiger partial charge < -0.3 is 5.73 Å². The van der Waals surface area contributed by atoms with Crippen molar-refractivity contribution in [2.24, 2.45) is 0 Å². The molecule has 0 spiro atoms. The van der Waals surface area contributed by atoms with Crippen LogP contribution in [0.2, 0.25) is 9.36 Å². The van der Waals surface area contributed by atoms with Gasteiger partial charge in [-0.1, -0.05) is 29.3 Å². The highest BCUT2D eigenvalue weighted by Crippen LogP contribution is 2.35. The number of benzene rings is 1. The first-order valence-corrected chi connectivity index (χ1v) is 6.90. The minimum absolute atomic E-state index is 0.217. The molecule has 2 nitrogen and oxygen atoms in total. The van der Waals surface area contributed by atoms with Crippen LogP contribution in [0, 0.1) is 0 Å². The van der Waals surface area contributed by atoms with Gasteiger partial charge in [0.05, 0.1) is 15.5 Å². The van der Waals surface area contributed by atoms with Crippen molar-refractivity contribution >= 4 is 61.9 Å². The summed E-state index contributed by atoms with van der Waals surface area (Å²) in [5.41, 5.74) is 6.44. The number of hydrogen-bond acceptors (Lipinski definition) is 3. The van der Waals surface area contributed by atoms with Crippen molar-refractivity contribution in [3.8, 4) is 0 Å². The highest BCUT2D eigenvalue weighted by Gasteiger charge is 2.19.